The van der Waals surface area contributed by atoms with Crippen molar-refractivity contribution in [2.45, 2.75) is 70.9 Å². The zero-order valence-electron chi connectivity index (χ0n) is 12.1. The third-order valence-electron chi connectivity index (χ3n) is 5.28. The average Bonchev–Trinajstić information content (AvgIpc) is 2.83. The van der Waals surface area contributed by atoms with Crippen LogP contribution in [-0.2, 0) is 13.0 Å². The lowest BCUT2D eigenvalue weighted by Gasteiger charge is -2.27. The summed E-state index contributed by atoms with van der Waals surface area (Å²) >= 11 is 0. The summed E-state index contributed by atoms with van der Waals surface area (Å²) in [5.41, 5.74) is 2.60. The van der Waals surface area contributed by atoms with Crippen molar-refractivity contribution in [2.24, 2.45) is 11.8 Å². The van der Waals surface area contributed by atoms with Gasteiger partial charge in [-0.05, 0) is 43.6 Å². The molecule has 1 heterocycles. The second-order valence-corrected chi connectivity index (χ2v) is 6.73. The molecule has 106 valence electrons. The van der Waals surface area contributed by atoms with Gasteiger partial charge in [-0.2, -0.15) is 0 Å². The summed E-state index contributed by atoms with van der Waals surface area (Å²) < 4.78 is 2.41. The van der Waals surface area contributed by atoms with Crippen molar-refractivity contribution in [2.75, 3.05) is 0 Å². The normalized spacial score (nSPS) is 31.2. The van der Waals surface area contributed by atoms with Gasteiger partial charge in [0.25, 0.3) is 0 Å². The number of aromatic nitrogens is 1. The first kappa shape index (κ1) is 13.2. The summed E-state index contributed by atoms with van der Waals surface area (Å²) in [5.74, 6) is 1.88. The summed E-state index contributed by atoms with van der Waals surface area (Å²) in [6.07, 6.45) is 12.2. The van der Waals surface area contributed by atoms with Crippen LogP contribution in [0, 0.1) is 11.8 Å². The van der Waals surface area contributed by atoms with Crippen molar-refractivity contribution in [1.82, 2.24) is 4.57 Å². The predicted octanol–water partition coefficient (Wildman–Crippen LogP) is 4.07. The fourth-order valence-electron chi connectivity index (χ4n) is 3.88. The largest absolute Gasteiger partial charge is 0.388 e. The Morgan fingerprint density at radius 3 is 2.79 bits per heavy atom. The van der Waals surface area contributed by atoms with Crippen molar-refractivity contribution in [3.63, 3.8) is 0 Å². The van der Waals surface area contributed by atoms with Crippen LogP contribution in [0.3, 0.4) is 0 Å². The summed E-state index contributed by atoms with van der Waals surface area (Å²) in [6, 6.07) is 2.14. The fraction of sp³-hybridized carbons (Fsp3) is 0.765. The van der Waals surface area contributed by atoms with Gasteiger partial charge in [0.05, 0.1) is 6.10 Å². The van der Waals surface area contributed by atoms with Gasteiger partial charge in [-0.3, -0.25) is 0 Å². The molecule has 2 aliphatic carbocycles. The van der Waals surface area contributed by atoms with Crippen LogP contribution >= 0.6 is 0 Å². The molecule has 1 aromatic rings. The molecule has 1 aromatic heterocycles. The molecular formula is C17H27NO. The molecule has 19 heavy (non-hydrogen) atoms. The van der Waals surface area contributed by atoms with Gasteiger partial charge in [-0.15, -0.1) is 0 Å². The number of rotatable bonds is 3. The lowest BCUT2D eigenvalue weighted by molar-refractivity contribution is 0.155. The lowest BCUT2D eigenvalue weighted by atomic mass is 9.81. The Morgan fingerprint density at radius 1 is 1.21 bits per heavy atom. The number of aliphatic hydroxyl groups excluding tert-OH is 1. The highest BCUT2D eigenvalue weighted by molar-refractivity contribution is 5.27. The molecule has 0 bridgehead atoms. The molecule has 0 radical (unpaired) electrons. The van der Waals surface area contributed by atoms with E-state index in [1.165, 1.54) is 43.4 Å². The minimum atomic E-state index is -0.208. The number of hydrogen-bond donors (Lipinski definition) is 1. The maximum atomic E-state index is 10.0. The van der Waals surface area contributed by atoms with E-state index >= 15 is 0 Å². The quantitative estimate of drug-likeness (QED) is 0.871. The highest BCUT2D eigenvalue weighted by atomic mass is 16.3. The van der Waals surface area contributed by atoms with Crippen molar-refractivity contribution >= 4 is 0 Å². The fourth-order valence-corrected chi connectivity index (χ4v) is 3.88. The number of aryl methyl sites for hydroxylation is 1. The van der Waals surface area contributed by atoms with E-state index in [4.69, 9.17) is 0 Å². The maximum Gasteiger partial charge on any atom is 0.0807 e. The smallest absolute Gasteiger partial charge is 0.0807 e. The Hall–Kier alpha value is -0.760. The SMILES string of the molecule is CC1CCC(CCn2ccc3c2CCCC3O)CC1. The lowest BCUT2D eigenvalue weighted by Crippen LogP contribution is -2.16. The first-order valence-electron chi connectivity index (χ1n) is 8.10. The molecule has 3 rings (SSSR count). The number of nitrogens with zero attached hydrogens (tertiary/aromatic N) is 1. The van der Waals surface area contributed by atoms with Crippen LogP contribution in [0.4, 0.5) is 0 Å². The van der Waals surface area contributed by atoms with E-state index in [2.05, 4.69) is 23.8 Å². The Kier molecular flexibility index (Phi) is 3.97. The van der Waals surface area contributed by atoms with Gasteiger partial charge in [0, 0.05) is 24.0 Å². The van der Waals surface area contributed by atoms with Crippen molar-refractivity contribution in [1.29, 1.82) is 0 Å². The van der Waals surface area contributed by atoms with Gasteiger partial charge in [-0.1, -0.05) is 32.6 Å². The van der Waals surface area contributed by atoms with Gasteiger partial charge < -0.3 is 9.67 Å². The predicted molar refractivity (Wildman–Crippen MR) is 78.1 cm³/mol. The first-order chi connectivity index (χ1) is 9.24. The van der Waals surface area contributed by atoms with Crippen molar-refractivity contribution < 1.29 is 5.11 Å². The molecule has 0 saturated heterocycles. The molecule has 1 fully saturated rings. The zero-order chi connectivity index (χ0) is 13.2. The monoisotopic (exact) mass is 261 g/mol. The van der Waals surface area contributed by atoms with Crippen LogP contribution in [-0.4, -0.2) is 9.67 Å². The Labute approximate surface area is 116 Å². The first-order valence-corrected chi connectivity index (χ1v) is 8.10. The topological polar surface area (TPSA) is 25.2 Å². The average molecular weight is 261 g/mol. The van der Waals surface area contributed by atoms with Crippen LogP contribution in [0.25, 0.3) is 0 Å². The van der Waals surface area contributed by atoms with Gasteiger partial charge in [-0.25, -0.2) is 0 Å². The van der Waals surface area contributed by atoms with E-state index in [1.807, 2.05) is 0 Å². The highest BCUT2D eigenvalue weighted by Gasteiger charge is 2.22. The number of fused-ring (bicyclic) bond motifs is 1. The van der Waals surface area contributed by atoms with E-state index < -0.39 is 0 Å². The second kappa shape index (κ2) is 5.70. The van der Waals surface area contributed by atoms with E-state index in [1.54, 1.807) is 0 Å². The van der Waals surface area contributed by atoms with Crippen LogP contribution in [0.2, 0.25) is 0 Å². The second-order valence-electron chi connectivity index (χ2n) is 6.73. The van der Waals surface area contributed by atoms with E-state index in [-0.39, 0.29) is 6.10 Å². The van der Waals surface area contributed by atoms with Gasteiger partial charge in [0.2, 0.25) is 0 Å². The third kappa shape index (κ3) is 2.89. The van der Waals surface area contributed by atoms with E-state index in [0.717, 1.165) is 37.6 Å². The molecule has 1 unspecified atom stereocenters. The standard InChI is InChI=1S/C17H27NO/c1-13-5-7-14(8-6-13)9-11-18-12-10-15-16(18)3-2-4-17(15)19/h10,12-14,17,19H,2-9,11H2,1H3. The Morgan fingerprint density at radius 2 is 2.00 bits per heavy atom. The number of aliphatic hydroxyl groups is 1. The molecule has 0 amide bonds. The zero-order valence-corrected chi connectivity index (χ0v) is 12.1. The molecule has 1 saturated carbocycles. The molecule has 0 aromatic carbocycles. The number of hydrogen-bond acceptors (Lipinski definition) is 1. The molecule has 1 N–H and O–H groups in total. The Bertz CT molecular complexity index is 415. The molecule has 2 aliphatic rings. The highest BCUT2D eigenvalue weighted by Crippen LogP contribution is 2.33. The molecular weight excluding hydrogens is 234 g/mol. The van der Waals surface area contributed by atoms with E-state index in [9.17, 15) is 5.11 Å². The van der Waals surface area contributed by atoms with Crippen LogP contribution in [0.5, 0.6) is 0 Å². The third-order valence-corrected chi connectivity index (χ3v) is 5.28. The molecule has 2 heteroatoms. The molecule has 2 nitrogen and oxygen atoms in total. The van der Waals surface area contributed by atoms with Crippen LogP contribution < -0.4 is 0 Å². The maximum absolute atomic E-state index is 10.0. The van der Waals surface area contributed by atoms with Crippen molar-refractivity contribution in [3.8, 4) is 0 Å². The summed E-state index contributed by atoms with van der Waals surface area (Å²) in [6.45, 7) is 3.54. The van der Waals surface area contributed by atoms with Crippen molar-refractivity contribution in [3.05, 3.63) is 23.5 Å². The van der Waals surface area contributed by atoms with Gasteiger partial charge in [0.15, 0.2) is 0 Å². The molecule has 0 aliphatic heterocycles. The van der Waals surface area contributed by atoms with E-state index in [0.29, 0.717) is 0 Å². The van der Waals surface area contributed by atoms with Gasteiger partial charge >= 0.3 is 0 Å². The molecule has 0 spiro atoms. The Balaban J connectivity index is 1.58. The minimum absolute atomic E-state index is 0.208. The summed E-state index contributed by atoms with van der Waals surface area (Å²) in [7, 11) is 0. The summed E-state index contributed by atoms with van der Waals surface area (Å²) in [5, 5.41) is 10.0. The summed E-state index contributed by atoms with van der Waals surface area (Å²) in [4.78, 5) is 0. The minimum Gasteiger partial charge on any atom is -0.388 e. The van der Waals surface area contributed by atoms with Crippen LogP contribution in [0.1, 0.15) is 69.2 Å². The van der Waals surface area contributed by atoms with Gasteiger partial charge in [0.1, 0.15) is 0 Å². The van der Waals surface area contributed by atoms with Crippen LogP contribution in [0.15, 0.2) is 12.3 Å². The molecule has 1 atom stereocenters.